The van der Waals surface area contributed by atoms with Crippen LogP contribution in [0.15, 0.2) is 18.3 Å². The Labute approximate surface area is 244 Å². The van der Waals surface area contributed by atoms with Crippen molar-refractivity contribution in [3.8, 4) is 5.88 Å². The average Bonchev–Trinajstić information content (AvgIpc) is 3.26. The van der Waals surface area contributed by atoms with E-state index in [1.807, 2.05) is 0 Å². The van der Waals surface area contributed by atoms with Crippen molar-refractivity contribution in [2.24, 2.45) is 0 Å². The van der Waals surface area contributed by atoms with Gasteiger partial charge in [0.15, 0.2) is 6.29 Å². The number of hydroxylamine groups is 1. The van der Waals surface area contributed by atoms with Gasteiger partial charge in [-0.05, 0) is 44.6 Å². The van der Waals surface area contributed by atoms with Crippen LogP contribution in [0.3, 0.4) is 0 Å². The van der Waals surface area contributed by atoms with Crippen molar-refractivity contribution in [1.82, 2.24) is 24.0 Å². The molecule has 0 aromatic carbocycles. The van der Waals surface area contributed by atoms with Gasteiger partial charge in [-0.25, -0.2) is 24.5 Å². The zero-order valence-electron chi connectivity index (χ0n) is 23.6. The molecule has 2 bridgehead atoms. The molecule has 4 saturated heterocycles. The second-order valence-corrected chi connectivity index (χ2v) is 12.7. The van der Waals surface area contributed by atoms with Gasteiger partial charge in [0.25, 0.3) is 16.1 Å². The van der Waals surface area contributed by atoms with Crippen LogP contribution in [0.1, 0.15) is 44.9 Å². The number of carbonyl (C=O) groups is 2. The van der Waals surface area contributed by atoms with Gasteiger partial charge < -0.3 is 23.8 Å². The number of hydrogen-bond acceptors (Lipinski definition) is 10. The minimum Gasteiger partial charge on any atom is -0.474 e. The SMILES string of the molecule is COCCOC(=O)N1CC2CCC(C(=O)NOC3CCCCO3)(C1)N2S(=O)(=O)N1CCC(Oc2ccc(F)cn2)CC1. The number of amides is 2. The first-order valence-electron chi connectivity index (χ1n) is 14.3. The molecule has 3 unspecified atom stereocenters. The van der Waals surface area contributed by atoms with E-state index < -0.39 is 45.9 Å². The molecule has 1 aromatic rings. The fraction of sp³-hybridized carbons (Fsp3) is 0.731. The molecule has 0 saturated carbocycles. The van der Waals surface area contributed by atoms with Gasteiger partial charge in [0.2, 0.25) is 5.88 Å². The van der Waals surface area contributed by atoms with Gasteiger partial charge in [0.1, 0.15) is 24.1 Å². The first-order valence-corrected chi connectivity index (χ1v) is 15.7. The molecule has 3 atom stereocenters. The Morgan fingerprint density at radius 3 is 2.67 bits per heavy atom. The molecule has 1 N–H and O–H groups in total. The van der Waals surface area contributed by atoms with Crippen LogP contribution in [0.5, 0.6) is 5.88 Å². The third-order valence-corrected chi connectivity index (χ3v) is 10.3. The summed E-state index contributed by atoms with van der Waals surface area (Å²) in [7, 11) is -2.65. The summed E-state index contributed by atoms with van der Waals surface area (Å²) in [4.78, 5) is 37.5. The molecule has 234 valence electrons. The molecule has 16 heteroatoms. The molecule has 5 rings (SSSR count). The molecule has 0 spiro atoms. The monoisotopic (exact) mass is 615 g/mol. The summed E-state index contributed by atoms with van der Waals surface area (Å²) in [6, 6.07) is 2.05. The molecule has 4 aliphatic rings. The van der Waals surface area contributed by atoms with Gasteiger partial charge in [-0.15, -0.1) is 0 Å². The van der Waals surface area contributed by atoms with Gasteiger partial charge in [-0.1, -0.05) is 0 Å². The van der Waals surface area contributed by atoms with Crippen LogP contribution in [-0.4, -0.2) is 116 Å². The standard InChI is InChI=1S/C26H38FN5O9S/c1-37-14-15-39-25(34)30-17-20-7-10-26(18-30,24(33)29-41-23-4-2-3-13-38-23)32(20)42(35,36)31-11-8-21(9-12-31)40-22-6-5-19(27)16-28-22/h5-6,16,20-21,23H,2-4,7-15,17-18H2,1H3,(H,29,33). The lowest BCUT2D eigenvalue weighted by molar-refractivity contribution is -0.205. The van der Waals surface area contributed by atoms with Crippen molar-refractivity contribution in [2.75, 3.05) is 53.1 Å². The molecular weight excluding hydrogens is 577 g/mol. The number of nitrogens with one attached hydrogen (secondary N) is 1. The van der Waals surface area contributed by atoms with Gasteiger partial charge in [-0.3, -0.25) is 4.79 Å². The van der Waals surface area contributed by atoms with E-state index in [2.05, 4.69) is 10.5 Å². The van der Waals surface area contributed by atoms with E-state index in [1.54, 1.807) is 0 Å². The number of carbonyl (C=O) groups excluding carboxylic acids is 2. The highest BCUT2D eigenvalue weighted by Gasteiger charge is 2.63. The lowest BCUT2D eigenvalue weighted by atomic mass is 9.96. The number of aromatic nitrogens is 1. The smallest absolute Gasteiger partial charge is 0.409 e. The van der Waals surface area contributed by atoms with Gasteiger partial charge in [-0.2, -0.15) is 17.0 Å². The van der Waals surface area contributed by atoms with E-state index in [0.29, 0.717) is 32.3 Å². The highest BCUT2D eigenvalue weighted by molar-refractivity contribution is 7.86. The number of nitrogens with zero attached hydrogens (tertiary/aromatic N) is 4. The lowest BCUT2D eigenvalue weighted by Gasteiger charge is -2.48. The average molecular weight is 616 g/mol. The predicted octanol–water partition coefficient (Wildman–Crippen LogP) is 1.18. The Hall–Kier alpha value is -2.63. The maximum atomic E-state index is 14.2. The van der Waals surface area contributed by atoms with Crippen molar-refractivity contribution in [3.63, 3.8) is 0 Å². The van der Waals surface area contributed by atoms with Crippen molar-refractivity contribution < 1.29 is 46.2 Å². The van der Waals surface area contributed by atoms with Crippen molar-refractivity contribution in [2.45, 2.75) is 68.9 Å². The molecule has 0 aliphatic carbocycles. The third kappa shape index (κ3) is 6.63. The Bertz CT molecular complexity index is 1200. The van der Waals surface area contributed by atoms with Crippen molar-refractivity contribution >= 4 is 22.2 Å². The fourth-order valence-corrected chi connectivity index (χ4v) is 8.14. The van der Waals surface area contributed by atoms with Crippen molar-refractivity contribution in [1.29, 1.82) is 0 Å². The van der Waals surface area contributed by atoms with E-state index in [9.17, 15) is 22.4 Å². The minimum atomic E-state index is -4.14. The number of halogens is 1. The number of methoxy groups -OCH3 is 1. The maximum Gasteiger partial charge on any atom is 0.409 e. The molecule has 2 amide bonds. The molecule has 42 heavy (non-hydrogen) atoms. The number of likely N-dealkylation sites (tertiary alicyclic amines) is 1. The number of rotatable bonds is 10. The predicted molar refractivity (Wildman–Crippen MR) is 144 cm³/mol. The summed E-state index contributed by atoms with van der Waals surface area (Å²) in [6.45, 7) is 0.958. The number of piperazine rings is 1. The van der Waals surface area contributed by atoms with Crippen molar-refractivity contribution in [3.05, 3.63) is 24.1 Å². The second-order valence-electron chi connectivity index (χ2n) is 10.9. The maximum absolute atomic E-state index is 14.2. The van der Waals surface area contributed by atoms with Crippen LogP contribution in [0, 0.1) is 5.82 Å². The van der Waals surface area contributed by atoms with E-state index in [4.69, 9.17) is 23.8 Å². The highest BCUT2D eigenvalue weighted by atomic mass is 32.2. The normalized spacial score (nSPS) is 27.5. The van der Waals surface area contributed by atoms with Crippen LogP contribution < -0.4 is 10.2 Å². The number of hydrogen-bond donors (Lipinski definition) is 1. The van der Waals surface area contributed by atoms with E-state index in [0.717, 1.165) is 19.0 Å². The van der Waals surface area contributed by atoms with Crippen LogP contribution in [0.4, 0.5) is 9.18 Å². The van der Waals surface area contributed by atoms with Crippen LogP contribution in [-0.2, 0) is 34.1 Å². The molecular formula is C26H38FN5O9S. The Morgan fingerprint density at radius 1 is 1.17 bits per heavy atom. The first kappa shape index (κ1) is 30.8. The third-order valence-electron chi connectivity index (χ3n) is 8.11. The zero-order valence-corrected chi connectivity index (χ0v) is 24.4. The van der Waals surface area contributed by atoms with Crippen LogP contribution in [0.25, 0.3) is 0 Å². The Morgan fingerprint density at radius 2 is 1.98 bits per heavy atom. The van der Waals surface area contributed by atoms with Gasteiger partial charge >= 0.3 is 6.09 Å². The molecule has 4 fully saturated rings. The molecule has 14 nitrogen and oxygen atoms in total. The van der Waals surface area contributed by atoms with Gasteiger partial charge in [0.05, 0.1) is 19.3 Å². The Balaban J connectivity index is 1.31. The molecule has 4 aliphatic heterocycles. The summed E-state index contributed by atoms with van der Waals surface area (Å²) in [5, 5.41) is 0. The summed E-state index contributed by atoms with van der Waals surface area (Å²) >= 11 is 0. The molecule has 5 heterocycles. The minimum absolute atomic E-state index is 0.0320. The lowest BCUT2D eigenvalue weighted by Crippen LogP contribution is -2.71. The number of fused-ring (bicyclic) bond motifs is 2. The van der Waals surface area contributed by atoms with E-state index in [-0.39, 0.29) is 57.8 Å². The highest BCUT2D eigenvalue weighted by Crippen LogP contribution is 2.43. The van der Waals surface area contributed by atoms with Crippen LogP contribution >= 0.6 is 0 Å². The summed E-state index contributed by atoms with van der Waals surface area (Å²) in [5.74, 6) is -0.865. The largest absolute Gasteiger partial charge is 0.474 e. The van der Waals surface area contributed by atoms with Gasteiger partial charge in [0, 0.05) is 51.9 Å². The molecule has 0 radical (unpaired) electrons. The number of piperidine rings is 1. The summed E-state index contributed by atoms with van der Waals surface area (Å²) in [5.41, 5.74) is 0.859. The summed E-state index contributed by atoms with van der Waals surface area (Å²) < 4.78 is 65.8. The van der Waals surface area contributed by atoms with Crippen LogP contribution in [0.2, 0.25) is 0 Å². The number of pyridine rings is 1. The second kappa shape index (κ2) is 13.3. The fourth-order valence-electron chi connectivity index (χ4n) is 5.99. The number of ether oxygens (including phenoxy) is 4. The van der Waals surface area contributed by atoms with E-state index in [1.165, 1.54) is 32.8 Å². The summed E-state index contributed by atoms with van der Waals surface area (Å²) in [6.07, 6.45) is 3.22. The first-order chi connectivity index (χ1) is 20.2. The topological polar surface area (TPSA) is 149 Å². The Kier molecular flexibility index (Phi) is 9.79. The molecule has 1 aromatic heterocycles. The van der Waals surface area contributed by atoms with E-state index >= 15 is 0 Å². The zero-order chi connectivity index (χ0) is 29.7. The quantitative estimate of drug-likeness (QED) is 0.300.